The summed E-state index contributed by atoms with van der Waals surface area (Å²) in [5, 5.41) is 9.67. The van der Waals surface area contributed by atoms with Crippen molar-refractivity contribution in [2.24, 2.45) is 5.41 Å². The van der Waals surface area contributed by atoms with Crippen molar-refractivity contribution in [1.82, 2.24) is 0 Å². The van der Waals surface area contributed by atoms with E-state index in [0.29, 0.717) is 6.42 Å². The average molecular weight is 236 g/mol. The third-order valence-corrected chi connectivity index (χ3v) is 2.72. The number of rotatable bonds is 7. The van der Waals surface area contributed by atoms with Gasteiger partial charge in [0.2, 0.25) is 0 Å². The molecule has 0 aliphatic carbocycles. The van der Waals surface area contributed by atoms with Gasteiger partial charge in [0.25, 0.3) is 0 Å². The molecule has 0 aromatic rings. The van der Waals surface area contributed by atoms with Gasteiger partial charge in [0, 0.05) is 12.5 Å². The van der Waals surface area contributed by atoms with Crippen LogP contribution in [0.3, 0.4) is 0 Å². The Bertz CT molecular complexity index is 333. The maximum atomic E-state index is 10.9. The van der Waals surface area contributed by atoms with E-state index in [9.17, 15) is 9.90 Å². The summed E-state index contributed by atoms with van der Waals surface area (Å²) in [4.78, 5) is 10.9. The molecule has 0 aromatic heterocycles. The topological polar surface area (TPSA) is 37.3 Å². The number of allylic oxidation sites excluding steroid dienone is 5. The largest absolute Gasteiger partial charge is 0.512 e. The first kappa shape index (κ1) is 15.7. The summed E-state index contributed by atoms with van der Waals surface area (Å²) in [5.74, 6) is 0.00955. The van der Waals surface area contributed by atoms with Gasteiger partial charge in [-0.2, -0.15) is 0 Å². The zero-order valence-corrected chi connectivity index (χ0v) is 11.4. The van der Waals surface area contributed by atoms with E-state index in [0.717, 1.165) is 12.8 Å². The van der Waals surface area contributed by atoms with E-state index in [-0.39, 0.29) is 17.0 Å². The smallest absolute Gasteiger partial charge is 0.155 e. The van der Waals surface area contributed by atoms with E-state index < -0.39 is 0 Å². The van der Waals surface area contributed by atoms with Crippen LogP contribution in [0.4, 0.5) is 0 Å². The molecule has 0 saturated carbocycles. The fourth-order valence-electron chi connectivity index (χ4n) is 1.65. The van der Waals surface area contributed by atoms with Crippen molar-refractivity contribution in [3.63, 3.8) is 0 Å². The summed E-state index contributed by atoms with van der Waals surface area (Å²) < 4.78 is 0. The van der Waals surface area contributed by atoms with Crippen molar-refractivity contribution < 1.29 is 9.90 Å². The zero-order chi connectivity index (χ0) is 13.5. The molecule has 17 heavy (non-hydrogen) atoms. The molecule has 0 fully saturated rings. The lowest BCUT2D eigenvalue weighted by Gasteiger charge is -2.24. The molecule has 0 unspecified atom stereocenters. The Hall–Kier alpha value is -1.31. The van der Waals surface area contributed by atoms with Crippen LogP contribution in [0.25, 0.3) is 0 Å². The first-order valence-electron chi connectivity index (χ1n) is 5.96. The van der Waals surface area contributed by atoms with E-state index in [1.807, 2.05) is 13.0 Å². The molecule has 0 radical (unpaired) electrons. The van der Waals surface area contributed by atoms with Crippen LogP contribution in [0.1, 0.15) is 47.0 Å². The van der Waals surface area contributed by atoms with Crippen LogP contribution >= 0.6 is 0 Å². The third kappa shape index (κ3) is 7.56. The van der Waals surface area contributed by atoms with Crippen molar-refractivity contribution >= 4 is 5.78 Å². The Kier molecular flexibility index (Phi) is 6.55. The van der Waals surface area contributed by atoms with Crippen LogP contribution < -0.4 is 0 Å². The summed E-state index contributed by atoms with van der Waals surface area (Å²) in [7, 11) is 0. The van der Waals surface area contributed by atoms with E-state index in [1.54, 1.807) is 0 Å². The van der Waals surface area contributed by atoms with Gasteiger partial charge in [-0.3, -0.25) is 4.79 Å². The quantitative estimate of drug-likeness (QED) is 0.405. The Labute approximate surface area is 105 Å². The molecule has 2 nitrogen and oxygen atoms in total. The summed E-state index contributed by atoms with van der Waals surface area (Å²) in [5.41, 5.74) is 1.13. The lowest BCUT2D eigenvalue weighted by atomic mass is 9.81. The second-order valence-electron chi connectivity index (χ2n) is 5.10. The number of aliphatic hydroxyl groups is 1. The Morgan fingerprint density at radius 3 is 2.35 bits per heavy atom. The predicted octanol–water partition coefficient (Wildman–Crippen LogP) is 4.35. The van der Waals surface area contributed by atoms with Gasteiger partial charge in [0.15, 0.2) is 5.78 Å². The maximum Gasteiger partial charge on any atom is 0.155 e. The lowest BCUT2D eigenvalue weighted by molar-refractivity contribution is -0.112. The van der Waals surface area contributed by atoms with E-state index in [1.165, 1.54) is 18.6 Å². The molecule has 1 atom stereocenters. The number of ketones is 1. The van der Waals surface area contributed by atoms with Crippen molar-refractivity contribution in [3.8, 4) is 0 Å². The summed E-state index contributed by atoms with van der Waals surface area (Å²) in [6.45, 7) is 11.4. The lowest BCUT2D eigenvalue weighted by Crippen LogP contribution is -2.14. The highest BCUT2D eigenvalue weighted by Crippen LogP contribution is 2.32. The molecule has 1 N–H and O–H groups in total. The van der Waals surface area contributed by atoms with Crippen LogP contribution in [-0.4, -0.2) is 10.9 Å². The minimum absolute atomic E-state index is 0.127. The number of aliphatic hydroxyl groups excluding tert-OH is 1. The molecule has 0 bridgehead atoms. The summed E-state index contributed by atoms with van der Waals surface area (Å²) in [6, 6.07) is 0. The monoisotopic (exact) mass is 236 g/mol. The van der Waals surface area contributed by atoms with Gasteiger partial charge in [0.05, 0.1) is 5.76 Å². The SMILES string of the molecule is C=C[C@](C)(CCC=C(C)C)CC(O)=CC(C)=O. The van der Waals surface area contributed by atoms with Crippen molar-refractivity contribution in [1.29, 1.82) is 0 Å². The zero-order valence-electron chi connectivity index (χ0n) is 11.4. The van der Waals surface area contributed by atoms with Gasteiger partial charge in [-0.05, 0) is 39.0 Å². The van der Waals surface area contributed by atoms with Gasteiger partial charge in [-0.15, -0.1) is 6.58 Å². The molecule has 2 heteroatoms. The molecule has 0 spiro atoms. The number of hydrogen-bond acceptors (Lipinski definition) is 2. The minimum Gasteiger partial charge on any atom is -0.512 e. The van der Waals surface area contributed by atoms with E-state index in [2.05, 4.69) is 26.5 Å². The Morgan fingerprint density at radius 2 is 1.94 bits per heavy atom. The highest BCUT2D eigenvalue weighted by atomic mass is 16.3. The first-order valence-corrected chi connectivity index (χ1v) is 5.96. The Morgan fingerprint density at radius 1 is 1.35 bits per heavy atom. The fourth-order valence-corrected chi connectivity index (χ4v) is 1.65. The van der Waals surface area contributed by atoms with Crippen LogP contribution in [0.15, 0.2) is 36.1 Å². The van der Waals surface area contributed by atoms with Crippen molar-refractivity contribution in [2.45, 2.75) is 47.0 Å². The molecule has 0 aliphatic rings. The molecular formula is C15H24O2. The van der Waals surface area contributed by atoms with Crippen LogP contribution in [0.2, 0.25) is 0 Å². The second-order valence-corrected chi connectivity index (χ2v) is 5.10. The van der Waals surface area contributed by atoms with E-state index >= 15 is 0 Å². The maximum absolute atomic E-state index is 10.9. The number of hydrogen-bond donors (Lipinski definition) is 1. The fraction of sp³-hybridized carbons (Fsp3) is 0.533. The van der Waals surface area contributed by atoms with Gasteiger partial charge >= 0.3 is 0 Å². The van der Waals surface area contributed by atoms with Crippen LogP contribution in [0, 0.1) is 5.41 Å². The molecule has 96 valence electrons. The molecule has 0 aliphatic heterocycles. The summed E-state index contributed by atoms with van der Waals surface area (Å²) in [6.07, 6.45) is 7.65. The first-order chi connectivity index (χ1) is 7.79. The van der Waals surface area contributed by atoms with Gasteiger partial charge in [-0.1, -0.05) is 24.6 Å². The van der Waals surface area contributed by atoms with Crippen LogP contribution in [-0.2, 0) is 4.79 Å². The van der Waals surface area contributed by atoms with Crippen molar-refractivity contribution in [3.05, 3.63) is 36.1 Å². The normalized spacial score (nSPS) is 14.9. The number of carbonyl (C=O) groups is 1. The van der Waals surface area contributed by atoms with Gasteiger partial charge in [0.1, 0.15) is 0 Å². The highest BCUT2D eigenvalue weighted by Gasteiger charge is 2.21. The van der Waals surface area contributed by atoms with Gasteiger partial charge < -0.3 is 5.11 Å². The van der Waals surface area contributed by atoms with Crippen LogP contribution in [0.5, 0.6) is 0 Å². The summed E-state index contributed by atoms with van der Waals surface area (Å²) >= 11 is 0. The second kappa shape index (κ2) is 7.10. The molecular weight excluding hydrogens is 212 g/mol. The predicted molar refractivity (Wildman–Crippen MR) is 73.0 cm³/mol. The minimum atomic E-state index is -0.165. The van der Waals surface area contributed by atoms with Gasteiger partial charge in [-0.25, -0.2) is 0 Å². The van der Waals surface area contributed by atoms with Crippen molar-refractivity contribution in [2.75, 3.05) is 0 Å². The molecule has 0 rings (SSSR count). The highest BCUT2D eigenvalue weighted by molar-refractivity contribution is 5.87. The molecule has 0 heterocycles. The molecule has 0 aromatic carbocycles. The molecule has 0 amide bonds. The number of carbonyl (C=O) groups excluding carboxylic acids is 1. The van der Waals surface area contributed by atoms with E-state index in [4.69, 9.17) is 0 Å². The average Bonchev–Trinajstić information content (AvgIpc) is 2.15. The Balaban J connectivity index is 4.52. The third-order valence-electron chi connectivity index (χ3n) is 2.72. The molecule has 0 saturated heterocycles. The standard InChI is InChI=1S/C15H24O2/c1-6-15(5,9-7-8-12(2)3)11-14(17)10-13(4)16/h6,8,10,17H,1,7,9,11H2,2-5H3/t15-/m1/s1.